The van der Waals surface area contributed by atoms with E-state index in [2.05, 4.69) is 0 Å². The quantitative estimate of drug-likeness (QED) is 0.374. The molecule has 0 amide bonds. The Balaban J connectivity index is 1.70. The Kier molecular flexibility index (Phi) is 5.44. The summed E-state index contributed by atoms with van der Waals surface area (Å²) < 4.78 is 10.8. The molecule has 3 aromatic carbocycles. The van der Waals surface area contributed by atoms with Crippen LogP contribution in [-0.2, 0) is 0 Å². The fraction of sp³-hybridized carbons (Fsp3) is 0.0909. The van der Waals surface area contributed by atoms with E-state index in [0.717, 1.165) is 0 Å². The van der Waals surface area contributed by atoms with Crippen molar-refractivity contribution in [2.75, 3.05) is 6.61 Å². The largest absolute Gasteiger partial charge is 0.494 e. The van der Waals surface area contributed by atoms with Gasteiger partial charge in [0.1, 0.15) is 11.5 Å². The predicted octanol–water partition coefficient (Wildman–Crippen LogP) is 4.54. The van der Waals surface area contributed by atoms with Gasteiger partial charge in [-0.05, 0) is 49.4 Å². The lowest BCUT2D eigenvalue weighted by atomic mass is 10.0. The van der Waals surface area contributed by atoms with E-state index in [0.29, 0.717) is 34.8 Å². The highest BCUT2D eigenvalue weighted by molar-refractivity contribution is 6.09. The topological polar surface area (TPSA) is 52.6 Å². The van der Waals surface area contributed by atoms with Crippen molar-refractivity contribution in [2.24, 2.45) is 0 Å². The number of carbonyl (C=O) groups excluding carboxylic acids is 2. The maximum atomic E-state index is 12.4. The third kappa shape index (κ3) is 4.16. The van der Waals surface area contributed by atoms with Crippen LogP contribution in [-0.4, -0.2) is 18.4 Å². The summed E-state index contributed by atoms with van der Waals surface area (Å²) in [6.07, 6.45) is 0. The van der Waals surface area contributed by atoms with Gasteiger partial charge < -0.3 is 9.47 Å². The van der Waals surface area contributed by atoms with Crippen molar-refractivity contribution in [1.29, 1.82) is 0 Å². The molecule has 0 heterocycles. The van der Waals surface area contributed by atoms with Crippen molar-refractivity contribution in [3.63, 3.8) is 0 Å². The zero-order valence-electron chi connectivity index (χ0n) is 14.3. The van der Waals surface area contributed by atoms with Crippen molar-refractivity contribution in [3.05, 3.63) is 95.6 Å². The van der Waals surface area contributed by atoms with Gasteiger partial charge in [-0.2, -0.15) is 0 Å². The minimum atomic E-state index is -0.478. The molecular formula is C22H18O4. The summed E-state index contributed by atoms with van der Waals surface area (Å²) in [5.74, 6) is 0.439. The molecule has 0 fully saturated rings. The van der Waals surface area contributed by atoms with E-state index in [-0.39, 0.29) is 5.78 Å². The van der Waals surface area contributed by atoms with Crippen LogP contribution < -0.4 is 9.47 Å². The molecule has 0 saturated heterocycles. The second-order valence-corrected chi connectivity index (χ2v) is 5.57. The van der Waals surface area contributed by atoms with Gasteiger partial charge in [-0.25, -0.2) is 4.79 Å². The van der Waals surface area contributed by atoms with E-state index in [4.69, 9.17) is 9.47 Å². The van der Waals surface area contributed by atoms with Crippen LogP contribution in [0.3, 0.4) is 0 Å². The van der Waals surface area contributed by atoms with Crippen molar-refractivity contribution < 1.29 is 19.1 Å². The lowest BCUT2D eigenvalue weighted by Crippen LogP contribution is -2.09. The maximum Gasteiger partial charge on any atom is 0.343 e. The van der Waals surface area contributed by atoms with E-state index in [1.807, 2.05) is 25.1 Å². The van der Waals surface area contributed by atoms with Gasteiger partial charge in [-0.1, -0.05) is 36.4 Å². The molecule has 0 unspecified atom stereocenters. The molecule has 0 aromatic heterocycles. The molecular weight excluding hydrogens is 328 g/mol. The first-order valence-electron chi connectivity index (χ1n) is 8.32. The monoisotopic (exact) mass is 346 g/mol. The Hall–Kier alpha value is -3.40. The maximum absolute atomic E-state index is 12.4. The summed E-state index contributed by atoms with van der Waals surface area (Å²) in [5.41, 5.74) is 1.56. The molecule has 0 saturated carbocycles. The third-order valence-corrected chi connectivity index (χ3v) is 3.74. The van der Waals surface area contributed by atoms with E-state index < -0.39 is 5.97 Å². The molecule has 130 valence electrons. The summed E-state index contributed by atoms with van der Waals surface area (Å²) in [4.78, 5) is 24.6. The molecule has 0 aliphatic carbocycles. The number of ether oxygens (including phenoxy) is 2. The van der Waals surface area contributed by atoms with E-state index in [9.17, 15) is 9.59 Å². The van der Waals surface area contributed by atoms with Crippen LogP contribution >= 0.6 is 0 Å². The molecule has 0 radical (unpaired) electrons. The highest BCUT2D eigenvalue weighted by Gasteiger charge is 2.12. The summed E-state index contributed by atoms with van der Waals surface area (Å²) in [6, 6.07) is 22.4. The third-order valence-electron chi connectivity index (χ3n) is 3.74. The number of ketones is 1. The first-order chi connectivity index (χ1) is 12.7. The summed E-state index contributed by atoms with van der Waals surface area (Å²) in [6.45, 7) is 2.40. The number of rotatable bonds is 6. The minimum absolute atomic E-state index is 0.0760. The normalized spacial score (nSPS) is 10.2. The van der Waals surface area contributed by atoms with Crippen LogP contribution in [0, 0.1) is 0 Å². The van der Waals surface area contributed by atoms with E-state index in [1.54, 1.807) is 60.7 Å². The molecule has 4 nitrogen and oxygen atoms in total. The van der Waals surface area contributed by atoms with Gasteiger partial charge in [0.25, 0.3) is 0 Å². The number of hydrogen-bond acceptors (Lipinski definition) is 4. The van der Waals surface area contributed by atoms with Gasteiger partial charge >= 0.3 is 5.97 Å². The van der Waals surface area contributed by atoms with Crippen LogP contribution in [0.5, 0.6) is 11.5 Å². The van der Waals surface area contributed by atoms with Crippen LogP contribution in [0.15, 0.2) is 78.9 Å². The molecule has 0 aliphatic rings. The van der Waals surface area contributed by atoms with Gasteiger partial charge in [-0.15, -0.1) is 0 Å². The number of carbonyl (C=O) groups is 2. The van der Waals surface area contributed by atoms with Gasteiger partial charge in [0.2, 0.25) is 0 Å². The van der Waals surface area contributed by atoms with Crippen molar-refractivity contribution in [1.82, 2.24) is 0 Å². The Morgan fingerprint density at radius 3 is 2.08 bits per heavy atom. The van der Waals surface area contributed by atoms with Crippen molar-refractivity contribution in [3.8, 4) is 11.5 Å². The van der Waals surface area contributed by atoms with Gasteiger partial charge in [-0.3, -0.25) is 4.79 Å². The van der Waals surface area contributed by atoms with Crippen LogP contribution in [0.4, 0.5) is 0 Å². The Morgan fingerprint density at radius 1 is 0.731 bits per heavy atom. The average molecular weight is 346 g/mol. The summed E-state index contributed by atoms with van der Waals surface area (Å²) >= 11 is 0. The summed E-state index contributed by atoms with van der Waals surface area (Å²) in [5, 5.41) is 0. The Morgan fingerprint density at radius 2 is 1.38 bits per heavy atom. The number of benzene rings is 3. The Labute approximate surface area is 152 Å². The smallest absolute Gasteiger partial charge is 0.343 e. The molecule has 3 aromatic rings. The van der Waals surface area contributed by atoms with E-state index >= 15 is 0 Å². The molecule has 0 bridgehead atoms. The predicted molar refractivity (Wildman–Crippen MR) is 98.9 cm³/mol. The van der Waals surface area contributed by atoms with Crippen molar-refractivity contribution in [2.45, 2.75) is 6.92 Å². The second-order valence-electron chi connectivity index (χ2n) is 5.57. The first kappa shape index (κ1) is 17.4. The molecule has 3 rings (SSSR count). The fourth-order valence-electron chi connectivity index (χ4n) is 2.48. The SMILES string of the molecule is CCOc1cccc(C(=O)Oc2ccc(C(=O)c3ccccc3)cc2)c1. The van der Waals surface area contributed by atoms with E-state index in [1.165, 1.54) is 0 Å². The average Bonchev–Trinajstić information content (AvgIpc) is 2.69. The molecule has 0 atom stereocenters. The minimum Gasteiger partial charge on any atom is -0.494 e. The zero-order valence-corrected chi connectivity index (χ0v) is 14.3. The Bertz CT molecular complexity index is 899. The molecule has 4 heteroatoms. The second kappa shape index (κ2) is 8.12. The van der Waals surface area contributed by atoms with Crippen molar-refractivity contribution >= 4 is 11.8 Å². The standard InChI is InChI=1S/C22H18O4/c1-2-25-20-10-6-9-18(15-20)22(24)26-19-13-11-17(12-14-19)21(23)16-7-4-3-5-8-16/h3-15H,2H2,1H3. The fourth-order valence-corrected chi connectivity index (χ4v) is 2.48. The first-order valence-corrected chi connectivity index (χ1v) is 8.32. The lowest BCUT2D eigenvalue weighted by molar-refractivity contribution is 0.0734. The molecule has 26 heavy (non-hydrogen) atoms. The van der Waals surface area contributed by atoms with Crippen LogP contribution in [0.2, 0.25) is 0 Å². The van der Waals surface area contributed by atoms with Crippen LogP contribution in [0.25, 0.3) is 0 Å². The number of hydrogen-bond donors (Lipinski definition) is 0. The molecule has 0 aliphatic heterocycles. The lowest BCUT2D eigenvalue weighted by Gasteiger charge is -2.07. The summed E-state index contributed by atoms with van der Waals surface area (Å²) in [7, 11) is 0. The highest BCUT2D eigenvalue weighted by atomic mass is 16.5. The van der Waals surface area contributed by atoms with Gasteiger partial charge in [0.05, 0.1) is 12.2 Å². The molecule has 0 spiro atoms. The van der Waals surface area contributed by atoms with Gasteiger partial charge in [0, 0.05) is 11.1 Å². The van der Waals surface area contributed by atoms with Crippen LogP contribution in [0.1, 0.15) is 33.2 Å². The number of esters is 1. The zero-order chi connectivity index (χ0) is 18.4. The van der Waals surface area contributed by atoms with Gasteiger partial charge in [0.15, 0.2) is 5.78 Å². The molecule has 0 N–H and O–H groups in total. The highest BCUT2D eigenvalue weighted by Crippen LogP contribution is 2.19.